The zero-order chi connectivity index (χ0) is 12.0. The fourth-order valence-corrected chi connectivity index (χ4v) is 1.21. The van der Waals surface area contributed by atoms with Crippen LogP contribution in [0.2, 0.25) is 0 Å². The summed E-state index contributed by atoms with van der Waals surface area (Å²) in [6.07, 6.45) is 0.705. The summed E-state index contributed by atoms with van der Waals surface area (Å²) in [5.74, 6) is 0.625. The standard InChI is InChI=1S/C11H14N2O3/c1-9(13(14)15)12-8-7-10-3-5-11(16-2)6-4-10/h3-6,12H,1,7-8H2,2H3. The molecule has 1 aromatic carbocycles. The molecule has 1 aromatic rings. The summed E-state index contributed by atoms with van der Waals surface area (Å²) in [5, 5.41) is 12.9. The molecule has 0 aliphatic rings. The molecule has 0 spiro atoms. The Hall–Kier alpha value is -2.04. The van der Waals surface area contributed by atoms with Gasteiger partial charge in [-0.2, -0.15) is 0 Å². The molecular formula is C11H14N2O3. The fraction of sp³-hybridized carbons (Fsp3) is 0.273. The first kappa shape index (κ1) is 12.0. The van der Waals surface area contributed by atoms with Crippen LogP contribution in [0.3, 0.4) is 0 Å². The van der Waals surface area contributed by atoms with E-state index >= 15 is 0 Å². The number of ether oxygens (including phenoxy) is 1. The third-order valence-electron chi connectivity index (χ3n) is 2.12. The van der Waals surface area contributed by atoms with E-state index in [1.54, 1.807) is 7.11 Å². The van der Waals surface area contributed by atoms with Crippen molar-refractivity contribution in [1.29, 1.82) is 0 Å². The minimum atomic E-state index is -0.534. The van der Waals surface area contributed by atoms with Crippen molar-refractivity contribution in [3.05, 3.63) is 52.3 Å². The highest BCUT2D eigenvalue weighted by molar-refractivity contribution is 5.27. The molecule has 1 rings (SSSR count). The summed E-state index contributed by atoms with van der Waals surface area (Å²) in [6, 6.07) is 7.57. The van der Waals surface area contributed by atoms with Gasteiger partial charge < -0.3 is 14.9 Å². The van der Waals surface area contributed by atoms with E-state index < -0.39 is 4.92 Å². The molecule has 0 aliphatic heterocycles. The molecule has 0 atom stereocenters. The van der Waals surface area contributed by atoms with Gasteiger partial charge in [0.25, 0.3) is 0 Å². The molecule has 16 heavy (non-hydrogen) atoms. The van der Waals surface area contributed by atoms with E-state index in [2.05, 4.69) is 11.9 Å². The summed E-state index contributed by atoms with van der Waals surface area (Å²) in [5.41, 5.74) is 1.09. The van der Waals surface area contributed by atoms with E-state index in [9.17, 15) is 10.1 Å². The number of benzene rings is 1. The maximum atomic E-state index is 10.3. The molecule has 5 nitrogen and oxygen atoms in total. The maximum Gasteiger partial charge on any atom is 0.308 e. The topological polar surface area (TPSA) is 64.4 Å². The van der Waals surface area contributed by atoms with Gasteiger partial charge in [-0.05, 0) is 29.2 Å². The number of hydrogen-bond acceptors (Lipinski definition) is 4. The third kappa shape index (κ3) is 3.61. The van der Waals surface area contributed by atoms with Gasteiger partial charge >= 0.3 is 5.82 Å². The Kier molecular flexibility index (Phi) is 4.32. The molecule has 0 amide bonds. The predicted molar refractivity (Wildman–Crippen MR) is 60.8 cm³/mol. The summed E-state index contributed by atoms with van der Waals surface area (Å²) in [6.45, 7) is 3.77. The van der Waals surface area contributed by atoms with Gasteiger partial charge in [-0.1, -0.05) is 12.1 Å². The van der Waals surface area contributed by atoms with E-state index in [-0.39, 0.29) is 5.82 Å². The Balaban J connectivity index is 2.37. The molecule has 0 radical (unpaired) electrons. The van der Waals surface area contributed by atoms with Crippen molar-refractivity contribution in [2.45, 2.75) is 6.42 Å². The Labute approximate surface area is 93.9 Å². The van der Waals surface area contributed by atoms with E-state index in [4.69, 9.17) is 4.74 Å². The predicted octanol–water partition coefficient (Wildman–Crippen LogP) is 1.58. The molecule has 5 heteroatoms. The summed E-state index contributed by atoms with van der Waals surface area (Å²) in [7, 11) is 1.61. The lowest BCUT2D eigenvalue weighted by Gasteiger charge is -2.03. The highest BCUT2D eigenvalue weighted by Crippen LogP contribution is 2.11. The number of nitrogens with one attached hydrogen (secondary N) is 1. The summed E-state index contributed by atoms with van der Waals surface area (Å²) in [4.78, 5) is 9.72. The van der Waals surface area contributed by atoms with Gasteiger partial charge in [-0.25, -0.2) is 0 Å². The second-order valence-corrected chi connectivity index (χ2v) is 3.23. The number of nitrogens with zero attached hydrogens (tertiary/aromatic N) is 1. The highest BCUT2D eigenvalue weighted by Gasteiger charge is 2.02. The Morgan fingerprint density at radius 3 is 2.62 bits per heavy atom. The normalized spacial score (nSPS) is 9.56. The molecule has 0 saturated carbocycles. The lowest BCUT2D eigenvalue weighted by molar-refractivity contribution is -0.431. The first-order valence-electron chi connectivity index (χ1n) is 4.83. The zero-order valence-electron chi connectivity index (χ0n) is 9.10. The third-order valence-corrected chi connectivity index (χ3v) is 2.12. The second-order valence-electron chi connectivity index (χ2n) is 3.23. The molecular weight excluding hydrogens is 208 g/mol. The minimum absolute atomic E-state index is 0.173. The minimum Gasteiger partial charge on any atom is -0.497 e. The van der Waals surface area contributed by atoms with E-state index in [0.29, 0.717) is 13.0 Å². The summed E-state index contributed by atoms with van der Waals surface area (Å²) < 4.78 is 5.02. The maximum absolute atomic E-state index is 10.3. The van der Waals surface area contributed by atoms with Crippen LogP contribution in [0.4, 0.5) is 0 Å². The second kappa shape index (κ2) is 5.75. The van der Waals surface area contributed by atoms with E-state index in [0.717, 1.165) is 11.3 Å². The van der Waals surface area contributed by atoms with Gasteiger partial charge in [-0.15, -0.1) is 0 Å². The van der Waals surface area contributed by atoms with Crippen molar-refractivity contribution in [3.8, 4) is 5.75 Å². The smallest absolute Gasteiger partial charge is 0.308 e. The molecule has 0 unspecified atom stereocenters. The van der Waals surface area contributed by atoms with Crippen LogP contribution in [0.1, 0.15) is 5.56 Å². The molecule has 0 aromatic heterocycles. The first-order valence-corrected chi connectivity index (χ1v) is 4.83. The van der Waals surface area contributed by atoms with Crippen molar-refractivity contribution >= 4 is 0 Å². The van der Waals surface area contributed by atoms with Crippen LogP contribution < -0.4 is 10.1 Å². The monoisotopic (exact) mass is 222 g/mol. The van der Waals surface area contributed by atoms with E-state index in [1.165, 1.54) is 0 Å². The van der Waals surface area contributed by atoms with Crippen molar-refractivity contribution in [2.24, 2.45) is 0 Å². The van der Waals surface area contributed by atoms with Crippen LogP contribution in [0, 0.1) is 10.1 Å². The van der Waals surface area contributed by atoms with Gasteiger partial charge in [0.2, 0.25) is 0 Å². The largest absolute Gasteiger partial charge is 0.497 e. The van der Waals surface area contributed by atoms with Crippen LogP contribution in [0.15, 0.2) is 36.7 Å². The SMILES string of the molecule is C=C(NCCc1ccc(OC)cc1)[N+](=O)[O-]. The Morgan fingerprint density at radius 1 is 1.50 bits per heavy atom. The lowest BCUT2D eigenvalue weighted by atomic mass is 10.1. The van der Waals surface area contributed by atoms with Crippen LogP contribution in [0.25, 0.3) is 0 Å². The molecule has 0 saturated heterocycles. The highest BCUT2D eigenvalue weighted by atomic mass is 16.6. The van der Waals surface area contributed by atoms with Crippen LogP contribution in [-0.2, 0) is 6.42 Å². The lowest BCUT2D eigenvalue weighted by Crippen LogP contribution is -2.21. The molecule has 0 fully saturated rings. The molecule has 86 valence electrons. The number of methoxy groups -OCH3 is 1. The zero-order valence-corrected chi connectivity index (χ0v) is 9.10. The van der Waals surface area contributed by atoms with Gasteiger partial charge in [-0.3, -0.25) is 5.32 Å². The summed E-state index contributed by atoms with van der Waals surface area (Å²) >= 11 is 0. The van der Waals surface area contributed by atoms with Gasteiger partial charge in [0.15, 0.2) is 0 Å². The van der Waals surface area contributed by atoms with Crippen LogP contribution in [0.5, 0.6) is 5.75 Å². The number of nitro groups is 1. The average Bonchev–Trinajstić information content (AvgIpc) is 2.29. The van der Waals surface area contributed by atoms with Crippen LogP contribution >= 0.6 is 0 Å². The van der Waals surface area contributed by atoms with Crippen molar-refractivity contribution in [2.75, 3.05) is 13.7 Å². The van der Waals surface area contributed by atoms with Crippen LogP contribution in [-0.4, -0.2) is 18.6 Å². The van der Waals surface area contributed by atoms with Gasteiger partial charge in [0.05, 0.1) is 13.7 Å². The Morgan fingerprint density at radius 2 is 2.12 bits per heavy atom. The quantitative estimate of drug-likeness (QED) is 0.586. The molecule has 1 N–H and O–H groups in total. The molecule has 0 heterocycles. The van der Waals surface area contributed by atoms with Crippen molar-refractivity contribution < 1.29 is 9.66 Å². The Bertz CT molecular complexity index is 373. The van der Waals surface area contributed by atoms with E-state index in [1.807, 2.05) is 24.3 Å². The molecule has 0 aliphatic carbocycles. The van der Waals surface area contributed by atoms with Crippen molar-refractivity contribution in [3.63, 3.8) is 0 Å². The fourth-order valence-electron chi connectivity index (χ4n) is 1.21. The molecule has 0 bridgehead atoms. The number of rotatable bonds is 6. The van der Waals surface area contributed by atoms with Crippen molar-refractivity contribution in [1.82, 2.24) is 5.32 Å². The average molecular weight is 222 g/mol. The first-order chi connectivity index (χ1) is 7.63. The van der Waals surface area contributed by atoms with Gasteiger partial charge in [0.1, 0.15) is 5.75 Å². The number of hydrogen-bond donors (Lipinski definition) is 1. The van der Waals surface area contributed by atoms with Gasteiger partial charge in [0, 0.05) is 6.42 Å².